The third-order valence-corrected chi connectivity index (χ3v) is 5.72. The van der Waals surface area contributed by atoms with Crippen molar-refractivity contribution in [2.75, 3.05) is 5.32 Å². The average Bonchev–Trinajstić information content (AvgIpc) is 3.09. The van der Waals surface area contributed by atoms with Crippen molar-refractivity contribution in [2.45, 2.75) is 25.8 Å². The highest BCUT2D eigenvalue weighted by Crippen LogP contribution is 2.43. The van der Waals surface area contributed by atoms with E-state index in [2.05, 4.69) is 54.6 Å². The van der Waals surface area contributed by atoms with Crippen molar-refractivity contribution in [3.8, 4) is 11.1 Å². The van der Waals surface area contributed by atoms with Crippen LogP contribution < -0.4 is 11.1 Å². The summed E-state index contributed by atoms with van der Waals surface area (Å²) in [5.74, 6) is 0.00722. The largest absolute Gasteiger partial charge is 0.374 e. The van der Waals surface area contributed by atoms with Crippen LogP contribution >= 0.6 is 0 Å². The van der Waals surface area contributed by atoms with Gasteiger partial charge in [-0.2, -0.15) is 5.10 Å². The Morgan fingerprint density at radius 3 is 2.59 bits per heavy atom. The fourth-order valence-electron chi connectivity index (χ4n) is 4.19. The van der Waals surface area contributed by atoms with E-state index in [0.29, 0.717) is 11.5 Å². The molecule has 5 rings (SSSR count). The number of para-hydroxylation sites is 1. The van der Waals surface area contributed by atoms with E-state index in [0.717, 1.165) is 33.5 Å². The van der Waals surface area contributed by atoms with E-state index in [1.54, 1.807) is 6.20 Å². The molecule has 0 aliphatic carbocycles. The molecule has 0 fully saturated rings. The van der Waals surface area contributed by atoms with Gasteiger partial charge in [0.05, 0.1) is 23.3 Å². The van der Waals surface area contributed by atoms with Gasteiger partial charge in [-0.1, -0.05) is 56.3 Å². The number of benzene rings is 2. The molecule has 1 amide bonds. The standard InChI is InChI=1S/C24H22N4O/c1-14(2)15-7-9-16(10-8-15)22-18-11-12-28-23(18)21(19(13-26-28)24(25)29)17-5-3-4-6-20(17)27-22/h3-14,22,27H,1-2H3,(H2,25,29). The van der Waals surface area contributed by atoms with Crippen LogP contribution in [0.5, 0.6) is 0 Å². The SMILES string of the molecule is CC(C)c1ccc(C2Nc3ccccc3-c3c(C(N)=O)cnn4ccc2c34)cc1. The Balaban J connectivity index is 1.80. The van der Waals surface area contributed by atoms with Crippen LogP contribution in [0.1, 0.15) is 52.9 Å². The molecule has 1 aliphatic rings. The van der Waals surface area contributed by atoms with Crippen LogP contribution in [-0.4, -0.2) is 15.5 Å². The number of hydrogen-bond donors (Lipinski definition) is 2. The first-order valence-electron chi connectivity index (χ1n) is 9.80. The number of carbonyl (C=O) groups is 1. The summed E-state index contributed by atoms with van der Waals surface area (Å²) in [5, 5.41) is 8.12. The third-order valence-electron chi connectivity index (χ3n) is 5.72. The first kappa shape index (κ1) is 17.5. The molecule has 0 saturated heterocycles. The molecule has 0 radical (unpaired) electrons. The molecule has 1 unspecified atom stereocenters. The van der Waals surface area contributed by atoms with E-state index in [9.17, 15) is 4.79 Å². The molecule has 0 bridgehead atoms. The summed E-state index contributed by atoms with van der Waals surface area (Å²) >= 11 is 0. The molecule has 29 heavy (non-hydrogen) atoms. The fraction of sp³-hybridized carbons (Fsp3) is 0.167. The Hall–Kier alpha value is -3.60. The minimum atomic E-state index is -0.475. The summed E-state index contributed by atoms with van der Waals surface area (Å²) in [6, 6.07) is 18.8. The normalized spacial score (nSPS) is 15.1. The van der Waals surface area contributed by atoms with E-state index in [-0.39, 0.29) is 6.04 Å². The van der Waals surface area contributed by atoms with Gasteiger partial charge in [0, 0.05) is 28.6 Å². The van der Waals surface area contributed by atoms with Crippen LogP contribution in [0.3, 0.4) is 0 Å². The van der Waals surface area contributed by atoms with Gasteiger partial charge in [-0.15, -0.1) is 0 Å². The van der Waals surface area contributed by atoms with Gasteiger partial charge in [-0.05, 0) is 29.2 Å². The number of anilines is 1. The van der Waals surface area contributed by atoms with E-state index in [4.69, 9.17) is 5.73 Å². The van der Waals surface area contributed by atoms with Crippen LogP contribution in [0.4, 0.5) is 5.69 Å². The zero-order valence-corrected chi connectivity index (χ0v) is 16.4. The maximum atomic E-state index is 12.2. The monoisotopic (exact) mass is 382 g/mol. The van der Waals surface area contributed by atoms with Gasteiger partial charge in [-0.3, -0.25) is 4.79 Å². The molecule has 5 heteroatoms. The summed E-state index contributed by atoms with van der Waals surface area (Å²) < 4.78 is 1.83. The molecule has 144 valence electrons. The summed E-state index contributed by atoms with van der Waals surface area (Å²) in [7, 11) is 0. The summed E-state index contributed by atoms with van der Waals surface area (Å²) in [5.41, 5.74) is 13.4. The lowest BCUT2D eigenvalue weighted by Crippen LogP contribution is -2.14. The molecule has 0 spiro atoms. The van der Waals surface area contributed by atoms with Crippen molar-refractivity contribution < 1.29 is 4.79 Å². The van der Waals surface area contributed by atoms with Crippen LogP contribution in [0, 0.1) is 0 Å². The van der Waals surface area contributed by atoms with Gasteiger partial charge in [0.2, 0.25) is 0 Å². The number of nitrogens with one attached hydrogen (secondary N) is 1. The number of aromatic nitrogens is 2. The van der Waals surface area contributed by atoms with Gasteiger partial charge < -0.3 is 11.1 Å². The molecule has 3 N–H and O–H groups in total. The Morgan fingerprint density at radius 1 is 1.10 bits per heavy atom. The summed E-state index contributed by atoms with van der Waals surface area (Å²) in [6.45, 7) is 4.39. The number of primary amides is 1. The topological polar surface area (TPSA) is 72.4 Å². The lowest BCUT2D eigenvalue weighted by Gasteiger charge is -2.20. The van der Waals surface area contributed by atoms with Crippen molar-refractivity contribution in [2.24, 2.45) is 5.73 Å². The summed E-state index contributed by atoms with van der Waals surface area (Å²) in [4.78, 5) is 12.2. The molecule has 3 heterocycles. The Morgan fingerprint density at radius 2 is 1.86 bits per heavy atom. The second-order valence-electron chi connectivity index (χ2n) is 7.81. The van der Waals surface area contributed by atoms with Gasteiger partial charge in [-0.25, -0.2) is 4.52 Å². The van der Waals surface area contributed by atoms with E-state index >= 15 is 0 Å². The van der Waals surface area contributed by atoms with E-state index < -0.39 is 5.91 Å². The number of rotatable bonds is 3. The number of nitrogens with two attached hydrogens (primary N) is 1. The van der Waals surface area contributed by atoms with Crippen LogP contribution in [-0.2, 0) is 0 Å². The van der Waals surface area contributed by atoms with Crippen molar-refractivity contribution >= 4 is 17.1 Å². The molecule has 4 aromatic rings. The zero-order chi connectivity index (χ0) is 20.1. The summed E-state index contributed by atoms with van der Waals surface area (Å²) in [6.07, 6.45) is 3.49. The predicted octanol–water partition coefficient (Wildman–Crippen LogP) is 4.74. The third kappa shape index (κ3) is 2.70. The Labute approximate surface area is 169 Å². The predicted molar refractivity (Wildman–Crippen MR) is 115 cm³/mol. The van der Waals surface area contributed by atoms with Gasteiger partial charge in [0.15, 0.2) is 0 Å². The zero-order valence-electron chi connectivity index (χ0n) is 16.4. The molecule has 1 aliphatic heterocycles. The second kappa shape index (κ2) is 6.48. The van der Waals surface area contributed by atoms with Crippen molar-refractivity contribution in [3.05, 3.63) is 89.2 Å². The molecule has 1 atom stereocenters. The average molecular weight is 382 g/mol. The maximum Gasteiger partial charge on any atom is 0.251 e. The molecular weight excluding hydrogens is 360 g/mol. The van der Waals surface area contributed by atoms with Crippen molar-refractivity contribution in [3.63, 3.8) is 0 Å². The number of nitrogens with zero attached hydrogens (tertiary/aromatic N) is 2. The highest BCUT2D eigenvalue weighted by atomic mass is 16.1. The number of hydrogen-bond acceptors (Lipinski definition) is 3. The Kier molecular flexibility index (Phi) is 3.91. The molecule has 5 nitrogen and oxygen atoms in total. The smallest absolute Gasteiger partial charge is 0.251 e. The van der Waals surface area contributed by atoms with Gasteiger partial charge in [0.1, 0.15) is 0 Å². The first-order chi connectivity index (χ1) is 14.0. The number of fused-ring (bicyclic) bond motifs is 2. The Bertz CT molecular complexity index is 1240. The van der Waals surface area contributed by atoms with Crippen LogP contribution in [0.2, 0.25) is 0 Å². The second-order valence-corrected chi connectivity index (χ2v) is 7.81. The van der Waals surface area contributed by atoms with Crippen LogP contribution in [0.15, 0.2) is 67.0 Å². The quantitative estimate of drug-likeness (QED) is 0.538. The van der Waals surface area contributed by atoms with Gasteiger partial charge in [0.25, 0.3) is 5.91 Å². The molecule has 0 saturated carbocycles. The van der Waals surface area contributed by atoms with Gasteiger partial charge >= 0.3 is 0 Å². The molecule has 2 aromatic carbocycles. The van der Waals surface area contributed by atoms with Crippen molar-refractivity contribution in [1.82, 2.24) is 9.61 Å². The van der Waals surface area contributed by atoms with E-state index in [1.807, 2.05) is 35.0 Å². The highest BCUT2D eigenvalue weighted by Gasteiger charge is 2.28. The number of carbonyl (C=O) groups excluding carboxylic acids is 1. The maximum absolute atomic E-state index is 12.2. The minimum Gasteiger partial charge on any atom is -0.374 e. The highest BCUT2D eigenvalue weighted by molar-refractivity contribution is 6.06. The molecular formula is C24H22N4O. The molecule has 2 aromatic heterocycles. The first-order valence-corrected chi connectivity index (χ1v) is 9.80. The fourth-order valence-corrected chi connectivity index (χ4v) is 4.19. The van der Waals surface area contributed by atoms with Crippen LogP contribution in [0.25, 0.3) is 16.6 Å². The van der Waals surface area contributed by atoms with E-state index in [1.165, 1.54) is 5.56 Å². The lowest BCUT2D eigenvalue weighted by atomic mass is 9.94. The number of amides is 1. The minimum absolute atomic E-state index is 0.0615. The van der Waals surface area contributed by atoms with Crippen molar-refractivity contribution in [1.29, 1.82) is 0 Å². The lowest BCUT2D eigenvalue weighted by molar-refractivity contribution is 0.100.